The summed E-state index contributed by atoms with van der Waals surface area (Å²) in [6.45, 7) is 0. The number of hydrazone groups is 1. The van der Waals surface area contributed by atoms with Crippen LogP contribution in [0.2, 0.25) is 0 Å². The Morgan fingerprint density at radius 1 is 1.00 bits per heavy atom. The molecule has 104 valence electrons. The monoisotopic (exact) mass is 279 g/mol. The lowest BCUT2D eigenvalue weighted by atomic mass is 10.0. The van der Waals surface area contributed by atoms with Crippen molar-refractivity contribution in [2.45, 2.75) is 6.42 Å². The van der Waals surface area contributed by atoms with Crippen molar-refractivity contribution in [3.63, 3.8) is 0 Å². The smallest absolute Gasteiger partial charge is 0.123 e. The number of aromatic nitrogens is 1. The molecule has 0 aliphatic carbocycles. The van der Waals surface area contributed by atoms with Gasteiger partial charge in [-0.3, -0.25) is 4.98 Å². The van der Waals surface area contributed by atoms with Gasteiger partial charge in [0.2, 0.25) is 0 Å². The molecule has 2 N–H and O–H groups in total. The summed E-state index contributed by atoms with van der Waals surface area (Å²) in [5.41, 5.74) is 3.29. The van der Waals surface area contributed by atoms with Crippen molar-refractivity contribution in [1.82, 2.24) is 4.98 Å². The van der Waals surface area contributed by atoms with Gasteiger partial charge in [-0.2, -0.15) is 5.10 Å². The number of hydrogen-bond acceptors (Lipinski definition) is 3. The number of rotatable bonds is 3. The van der Waals surface area contributed by atoms with Crippen molar-refractivity contribution in [3.05, 3.63) is 77.7 Å². The molecule has 0 radical (unpaired) electrons. The third kappa shape index (κ3) is 2.89. The average molecular weight is 279 g/mol. The molecule has 0 aliphatic rings. The second kappa shape index (κ2) is 5.71. The summed E-state index contributed by atoms with van der Waals surface area (Å²) in [5, 5.41) is 4.91. The zero-order valence-corrected chi connectivity index (χ0v) is 11.3. The maximum absolute atomic E-state index is 13.0. The molecule has 2 aromatic carbocycles. The van der Waals surface area contributed by atoms with Crippen molar-refractivity contribution in [1.29, 1.82) is 0 Å². The lowest BCUT2D eigenvalue weighted by Gasteiger charge is -2.06. The highest BCUT2D eigenvalue weighted by Gasteiger charge is 2.07. The molecule has 3 nitrogen and oxygen atoms in total. The molecule has 3 rings (SSSR count). The number of nitrogens with two attached hydrogens (primary N) is 1. The lowest BCUT2D eigenvalue weighted by molar-refractivity contribution is 0.627. The second-order valence-electron chi connectivity index (χ2n) is 4.75. The quantitative estimate of drug-likeness (QED) is 0.454. The maximum Gasteiger partial charge on any atom is 0.123 e. The SMILES string of the molecule is NN=C(Cc1ccc2ccccc2n1)c1ccc(F)cc1. The molecule has 0 bridgehead atoms. The van der Waals surface area contributed by atoms with E-state index in [-0.39, 0.29) is 5.82 Å². The normalized spacial score (nSPS) is 11.8. The van der Waals surface area contributed by atoms with Crippen LogP contribution in [0, 0.1) is 5.82 Å². The summed E-state index contributed by atoms with van der Waals surface area (Å²) >= 11 is 0. The van der Waals surface area contributed by atoms with Crippen molar-refractivity contribution in [2.24, 2.45) is 10.9 Å². The summed E-state index contributed by atoms with van der Waals surface area (Å²) in [7, 11) is 0. The van der Waals surface area contributed by atoms with Crippen LogP contribution >= 0.6 is 0 Å². The number of hydrogen-bond donors (Lipinski definition) is 1. The van der Waals surface area contributed by atoms with E-state index in [9.17, 15) is 4.39 Å². The Balaban J connectivity index is 1.90. The van der Waals surface area contributed by atoms with E-state index in [1.165, 1.54) is 12.1 Å². The number of para-hydroxylation sites is 1. The fourth-order valence-electron chi connectivity index (χ4n) is 2.24. The Morgan fingerprint density at radius 3 is 2.52 bits per heavy atom. The van der Waals surface area contributed by atoms with Gasteiger partial charge < -0.3 is 5.84 Å². The zero-order chi connectivity index (χ0) is 14.7. The molecule has 0 spiro atoms. The van der Waals surface area contributed by atoms with Gasteiger partial charge in [-0.1, -0.05) is 36.4 Å². The minimum absolute atomic E-state index is 0.279. The number of fused-ring (bicyclic) bond motifs is 1. The van der Waals surface area contributed by atoms with E-state index in [1.807, 2.05) is 36.4 Å². The average Bonchev–Trinajstić information content (AvgIpc) is 2.53. The van der Waals surface area contributed by atoms with E-state index in [4.69, 9.17) is 5.84 Å². The Hall–Kier alpha value is -2.75. The van der Waals surface area contributed by atoms with Gasteiger partial charge in [-0.15, -0.1) is 0 Å². The van der Waals surface area contributed by atoms with Crippen LogP contribution in [0.15, 0.2) is 65.8 Å². The van der Waals surface area contributed by atoms with E-state index in [0.29, 0.717) is 12.1 Å². The van der Waals surface area contributed by atoms with Gasteiger partial charge in [0.1, 0.15) is 5.82 Å². The highest BCUT2D eigenvalue weighted by Crippen LogP contribution is 2.14. The maximum atomic E-state index is 13.0. The fraction of sp³-hybridized carbons (Fsp3) is 0.0588. The van der Waals surface area contributed by atoms with Gasteiger partial charge in [0, 0.05) is 17.5 Å². The highest BCUT2D eigenvalue weighted by molar-refractivity contribution is 6.01. The van der Waals surface area contributed by atoms with Crippen molar-refractivity contribution >= 4 is 16.6 Å². The van der Waals surface area contributed by atoms with Gasteiger partial charge in [0.05, 0.1) is 11.2 Å². The Bertz CT molecular complexity index is 794. The van der Waals surface area contributed by atoms with E-state index in [0.717, 1.165) is 22.2 Å². The number of nitrogens with zero attached hydrogens (tertiary/aromatic N) is 2. The molecule has 0 atom stereocenters. The minimum atomic E-state index is -0.279. The lowest BCUT2D eigenvalue weighted by Crippen LogP contribution is -2.09. The van der Waals surface area contributed by atoms with Gasteiger partial charge >= 0.3 is 0 Å². The number of benzene rings is 2. The predicted molar refractivity (Wildman–Crippen MR) is 82.6 cm³/mol. The van der Waals surface area contributed by atoms with Gasteiger partial charge in [-0.25, -0.2) is 4.39 Å². The number of halogens is 1. The molecule has 0 fully saturated rings. The van der Waals surface area contributed by atoms with Crippen LogP contribution in [0.3, 0.4) is 0 Å². The van der Waals surface area contributed by atoms with Crippen LogP contribution in [-0.4, -0.2) is 10.7 Å². The van der Waals surface area contributed by atoms with Crippen LogP contribution < -0.4 is 5.84 Å². The molecular weight excluding hydrogens is 265 g/mol. The van der Waals surface area contributed by atoms with Crippen LogP contribution in [-0.2, 0) is 6.42 Å². The van der Waals surface area contributed by atoms with Crippen molar-refractivity contribution in [2.75, 3.05) is 0 Å². The van der Waals surface area contributed by atoms with Crippen LogP contribution in [0.4, 0.5) is 4.39 Å². The summed E-state index contributed by atoms with van der Waals surface area (Å²) < 4.78 is 13.0. The topological polar surface area (TPSA) is 51.3 Å². The standard InChI is InChI=1S/C17H14FN3/c18-14-8-5-13(6-9-14)17(21-19)11-15-10-7-12-3-1-2-4-16(12)20-15/h1-10H,11,19H2. The van der Waals surface area contributed by atoms with Crippen LogP contribution in [0.5, 0.6) is 0 Å². The van der Waals surface area contributed by atoms with Crippen LogP contribution in [0.25, 0.3) is 10.9 Å². The Morgan fingerprint density at radius 2 is 1.76 bits per heavy atom. The molecular formula is C17H14FN3. The molecule has 0 unspecified atom stereocenters. The summed E-state index contributed by atoms with van der Waals surface area (Å²) in [6, 6.07) is 18.0. The number of pyridine rings is 1. The first kappa shape index (κ1) is 13.2. The van der Waals surface area contributed by atoms with E-state index in [1.54, 1.807) is 12.1 Å². The van der Waals surface area contributed by atoms with Crippen molar-refractivity contribution < 1.29 is 4.39 Å². The first-order valence-electron chi connectivity index (χ1n) is 6.63. The third-order valence-corrected chi connectivity index (χ3v) is 3.34. The highest BCUT2D eigenvalue weighted by atomic mass is 19.1. The molecule has 4 heteroatoms. The first-order chi connectivity index (χ1) is 10.3. The van der Waals surface area contributed by atoms with E-state index < -0.39 is 0 Å². The Kier molecular flexibility index (Phi) is 3.60. The van der Waals surface area contributed by atoms with Gasteiger partial charge in [0.15, 0.2) is 0 Å². The predicted octanol–water partition coefficient (Wildman–Crippen LogP) is 3.28. The van der Waals surface area contributed by atoms with Crippen LogP contribution in [0.1, 0.15) is 11.3 Å². The van der Waals surface area contributed by atoms with Gasteiger partial charge in [0.25, 0.3) is 0 Å². The summed E-state index contributed by atoms with van der Waals surface area (Å²) in [5.74, 6) is 5.19. The molecule has 21 heavy (non-hydrogen) atoms. The zero-order valence-electron chi connectivity index (χ0n) is 11.3. The molecule has 0 amide bonds. The Labute approximate surface area is 121 Å². The molecule has 1 heterocycles. The second-order valence-corrected chi connectivity index (χ2v) is 4.75. The summed E-state index contributed by atoms with van der Waals surface area (Å²) in [6.07, 6.45) is 0.507. The van der Waals surface area contributed by atoms with E-state index >= 15 is 0 Å². The molecule has 0 saturated carbocycles. The molecule has 3 aromatic rings. The molecule has 1 aromatic heterocycles. The van der Waals surface area contributed by atoms with E-state index in [2.05, 4.69) is 10.1 Å². The fourth-order valence-corrected chi connectivity index (χ4v) is 2.24. The van der Waals surface area contributed by atoms with Crippen molar-refractivity contribution in [3.8, 4) is 0 Å². The molecule has 0 saturated heterocycles. The third-order valence-electron chi connectivity index (χ3n) is 3.34. The first-order valence-corrected chi connectivity index (χ1v) is 6.63. The largest absolute Gasteiger partial charge is 0.323 e. The summed E-state index contributed by atoms with van der Waals surface area (Å²) in [4.78, 5) is 4.60. The minimum Gasteiger partial charge on any atom is -0.323 e. The van der Waals surface area contributed by atoms with Gasteiger partial charge in [-0.05, 0) is 29.8 Å². The molecule has 0 aliphatic heterocycles.